The molecule has 0 atom stereocenters. The van der Waals surface area contributed by atoms with Crippen LogP contribution in [0, 0.1) is 17.8 Å². The van der Waals surface area contributed by atoms with Crippen LogP contribution >= 0.6 is 0 Å². The fourth-order valence-electron chi connectivity index (χ4n) is 3.98. The lowest BCUT2D eigenvalue weighted by molar-refractivity contribution is 0.164. The summed E-state index contributed by atoms with van der Waals surface area (Å²) >= 11 is 0. The molecular formula is C16H26F2. The number of hydrogen-bond donors (Lipinski definition) is 0. The molecule has 2 aliphatic rings. The van der Waals surface area contributed by atoms with E-state index in [1.165, 1.54) is 57.8 Å². The molecule has 2 saturated carbocycles. The fourth-order valence-corrected chi connectivity index (χ4v) is 3.98. The first-order valence-corrected chi connectivity index (χ1v) is 7.77. The molecule has 0 spiro atoms. The van der Waals surface area contributed by atoms with Crippen LogP contribution in [0.5, 0.6) is 0 Å². The Morgan fingerprint density at radius 3 is 2.06 bits per heavy atom. The van der Waals surface area contributed by atoms with Crippen molar-refractivity contribution in [2.45, 2.75) is 70.6 Å². The molecule has 2 rings (SSSR count). The van der Waals surface area contributed by atoms with Gasteiger partial charge in [-0.15, -0.1) is 0 Å². The molecule has 0 aromatic heterocycles. The summed E-state index contributed by atoms with van der Waals surface area (Å²) < 4.78 is 23.9. The lowest BCUT2D eigenvalue weighted by Crippen LogP contribution is -2.23. The van der Waals surface area contributed by atoms with E-state index < -0.39 is 6.08 Å². The highest BCUT2D eigenvalue weighted by atomic mass is 19.3. The molecule has 0 aliphatic heterocycles. The van der Waals surface area contributed by atoms with E-state index in [2.05, 4.69) is 0 Å². The van der Waals surface area contributed by atoms with E-state index in [9.17, 15) is 8.78 Å². The Kier molecular flexibility index (Phi) is 5.65. The first kappa shape index (κ1) is 14.0. The molecule has 0 saturated heterocycles. The third kappa shape index (κ3) is 4.37. The SMILES string of the molecule is FC(F)=CCC[C@H]1CC[C@H](C2CCCCC2)CC1. The predicted octanol–water partition coefficient (Wildman–Crippen LogP) is 5.93. The minimum Gasteiger partial charge on any atom is -0.174 e. The van der Waals surface area contributed by atoms with E-state index in [0.29, 0.717) is 12.3 Å². The summed E-state index contributed by atoms with van der Waals surface area (Å²) in [5.74, 6) is 2.65. The lowest BCUT2D eigenvalue weighted by Gasteiger charge is -2.35. The second-order valence-electron chi connectivity index (χ2n) is 6.25. The second-order valence-corrected chi connectivity index (χ2v) is 6.25. The van der Waals surface area contributed by atoms with Gasteiger partial charge in [0, 0.05) is 0 Å². The Hall–Kier alpha value is -0.400. The van der Waals surface area contributed by atoms with Gasteiger partial charge in [-0.25, -0.2) is 0 Å². The first-order valence-electron chi connectivity index (χ1n) is 7.77. The summed E-state index contributed by atoms with van der Waals surface area (Å²) in [7, 11) is 0. The van der Waals surface area contributed by atoms with Crippen LogP contribution in [0.4, 0.5) is 8.78 Å². The van der Waals surface area contributed by atoms with Crippen LogP contribution in [0.25, 0.3) is 0 Å². The summed E-state index contributed by atoms with van der Waals surface area (Å²) in [5.41, 5.74) is 0. The van der Waals surface area contributed by atoms with Gasteiger partial charge in [0.05, 0.1) is 0 Å². The van der Waals surface area contributed by atoms with Crippen molar-refractivity contribution in [3.63, 3.8) is 0 Å². The van der Waals surface area contributed by atoms with Gasteiger partial charge < -0.3 is 0 Å². The van der Waals surface area contributed by atoms with Gasteiger partial charge in [0.25, 0.3) is 6.08 Å². The maximum absolute atomic E-state index is 12.0. The Morgan fingerprint density at radius 1 is 0.833 bits per heavy atom. The Labute approximate surface area is 110 Å². The van der Waals surface area contributed by atoms with Crippen molar-refractivity contribution >= 4 is 0 Å². The topological polar surface area (TPSA) is 0 Å². The molecule has 2 heteroatoms. The monoisotopic (exact) mass is 256 g/mol. The average Bonchev–Trinajstić information content (AvgIpc) is 2.40. The molecule has 0 bridgehead atoms. The van der Waals surface area contributed by atoms with Crippen molar-refractivity contribution in [3.05, 3.63) is 12.2 Å². The lowest BCUT2D eigenvalue weighted by atomic mass is 9.70. The van der Waals surface area contributed by atoms with E-state index in [4.69, 9.17) is 0 Å². The fraction of sp³-hybridized carbons (Fsp3) is 0.875. The van der Waals surface area contributed by atoms with Crippen LogP contribution in [0.15, 0.2) is 12.2 Å². The summed E-state index contributed by atoms with van der Waals surface area (Å²) in [4.78, 5) is 0. The Bertz CT molecular complexity index is 254. The zero-order valence-electron chi connectivity index (χ0n) is 11.3. The Morgan fingerprint density at radius 2 is 1.44 bits per heavy atom. The molecular weight excluding hydrogens is 230 g/mol. The van der Waals surface area contributed by atoms with Crippen LogP contribution in [-0.4, -0.2) is 0 Å². The van der Waals surface area contributed by atoms with Crippen LogP contribution in [0.2, 0.25) is 0 Å². The predicted molar refractivity (Wildman–Crippen MR) is 71.6 cm³/mol. The van der Waals surface area contributed by atoms with Gasteiger partial charge in [0.1, 0.15) is 0 Å². The second kappa shape index (κ2) is 7.25. The normalized spacial score (nSPS) is 30.1. The molecule has 0 heterocycles. The van der Waals surface area contributed by atoms with Gasteiger partial charge in [0.15, 0.2) is 0 Å². The average molecular weight is 256 g/mol. The van der Waals surface area contributed by atoms with Crippen LogP contribution in [0.3, 0.4) is 0 Å². The van der Waals surface area contributed by atoms with Crippen molar-refractivity contribution in [2.24, 2.45) is 17.8 Å². The van der Waals surface area contributed by atoms with Crippen molar-refractivity contribution in [3.8, 4) is 0 Å². The van der Waals surface area contributed by atoms with E-state index in [1.807, 2.05) is 0 Å². The molecule has 0 aromatic rings. The largest absolute Gasteiger partial charge is 0.266 e. The Balaban J connectivity index is 1.66. The summed E-state index contributed by atoms with van der Waals surface area (Å²) in [6.45, 7) is 0. The first-order chi connectivity index (χ1) is 8.75. The summed E-state index contributed by atoms with van der Waals surface area (Å²) in [6.07, 6.45) is 13.6. The number of halogens is 2. The maximum Gasteiger partial charge on any atom is 0.266 e. The van der Waals surface area contributed by atoms with Gasteiger partial charge in [0.2, 0.25) is 0 Å². The standard InChI is InChI=1S/C16H26F2/c17-16(18)8-4-5-13-9-11-15(12-10-13)14-6-2-1-3-7-14/h8,13-15H,1-7,9-12H2/t13-,15-. The molecule has 0 amide bonds. The molecule has 0 aromatic carbocycles. The highest BCUT2D eigenvalue weighted by Gasteiger charge is 2.28. The van der Waals surface area contributed by atoms with E-state index in [1.54, 1.807) is 0 Å². The van der Waals surface area contributed by atoms with Gasteiger partial charge in [-0.1, -0.05) is 44.9 Å². The van der Waals surface area contributed by atoms with Crippen LogP contribution in [-0.2, 0) is 0 Å². The van der Waals surface area contributed by atoms with Gasteiger partial charge in [-0.05, 0) is 49.5 Å². The molecule has 2 fully saturated rings. The molecule has 0 N–H and O–H groups in total. The molecule has 0 unspecified atom stereocenters. The third-order valence-corrected chi connectivity index (χ3v) is 5.08. The van der Waals surface area contributed by atoms with Crippen molar-refractivity contribution in [2.75, 3.05) is 0 Å². The summed E-state index contributed by atoms with van der Waals surface area (Å²) in [6, 6.07) is 0. The number of hydrogen-bond acceptors (Lipinski definition) is 0. The van der Waals surface area contributed by atoms with Crippen molar-refractivity contribution in [1.29, 1.82) is 0 Å². The van der Waals surface area contributed by atoms with E-state index in [0.717, 1.165) is 24.3 Å². The van der Waals surface area contributed by atoms with Crippen molar-refractivity contribution in [1.82, 2.24) is 0 Å². The van der Waals surface area contributed by atoms with Crippen LogP contribution in [0.1, 0.15) is 70.6 Å². The van der Waals surface area contributed by atoms with Gasteiger partial charge in [-0.3, -0.25) is 0 Å². The third-order valence-electron chi connectivity index (χ3n) is 5.08. The molecule has 104 valence electrons. The van der Waals surface area contributed by atoms with Gasteiger partial charge >= 0.3 is 0 Å². The zero-order chi connectivity index (χ0) is 12.8. The molecule has 2 aliphatic carbocycles. The van der Waals surface area contributed by atoms with E-state index in [-0.39, 0.29) is 0 Å². The quantitative estimate of drug-likeness (QED) is 0.584. The van der Waals surface area contributed by atoms with Crippen molar-refractivity contribution < 1.29 is 8.78 Å². The highest BCUT2D eigenvalue weighted by molar-refractivity contribution is 4.84. The maximum atomic E-state index is 12.0. The zero-order valence-corrected chi connectivity index (χ0v) is 11.3. The molecule has 0 radical (unpaired) electrons. The van der Waals surface area contributed by atoms with Gasteiger partial charge in [-0.2, -0.15) is 8.78 Å². The molecule has 0 nitrogen and oxygen atoms in total. The van der Waals surface area contributed by atoms with Crippen LogP contribution < -0.4 is 0 Å². The minimum atomic E-state index is -1.51. The summed E-state index contributed by atoms with van der Waals surface area (Å²) in [5, 5.41) is 0. The number of allylic oxidation sites excluding steroid dienone is 1. The smallest absolute Gasteiger partial charge is 0.174 e. The minimum absolute atomic E-state index is 0.571. The highest BCUT2D eigenvalue weighted by Crippen LogP contribution is 2.40. The van der Waals surface area contributed by atoms with E-state index >= 15 is 0 Å². The molecule has 18 heavy (non-hydrogen) atoms. The number of rotatable bonds is 4.